The Bertz CT molecular complexity index is 1040. The van der Waals surface area contributed by atoms with Gasteiger partial charge in [-0.25, -0.2) is 9.97 Å². The van der Waals surface area contributed by atoms with Gasteiger partial charge in [0, 0.05) is 37.1 Å². The highest BCUT2D eigenvalue weighted by Gasteiger charge is 2.14. The van der Waals surface area contributed by atoms with Gasteiger partial charge in [-0.3, -0.25) is 9.59 Å². The molecular formula is C21H25N5O3. The van der Waals surface area contributed by atoms with Gasteiger partial charge < -0.3 is 19.9 Å². The van der Waals surface area contributed by atoms with E-state index in [4.69, 9.17) is 4.74 Å². The molecule has 2 heterocycles. The van der Waals surface area contributed by atoms with E-state index in [1.54, 1.807) is 43.9 Å². The fourth-order valence-electron chi connectivity index (χ4n) is 2.93. The number of fused-ring (bicyclic) bond motifs is 1. The Labute approximate surface area is 169 Å². The molecule has 8 nitrogen and oxygen atoms in total. The Hall–Kier alpha value is -3.26. The zero-order valence-corrected chi connectivity index (χ0v) is 17.0. The third kappa shape index (κ3) is 4.60. The highest BCUT2D eigenvalue weighted by Crippen LogP contribution is 2.20. The molecule has 2 N–H and O–H groups in total. The van der Waals surface area contributed by atoms with Crippen LogP contribution in [0.25, 0.3) is 11.2 Å². The smallest absolute Gasteiger partial charge is 0.257 e. The molecule has 1 aromatic carbocycles. The second kappa shape index (κ2) is 8.83. The number of aryl methyl sites for hydroxylation is 1. The molecule has 0 atom stereocenters. The van der Waals surface area contributed by atoms with Crippen LogP contribution >= 0.6 is 0 Å². The summed E-state index contributed by atoms with van der Waals surface area (Å²) in [6.07, 6.45) is 3.27. The van der Waals surface area contributed by atoms with Crippen molar-refractivity contribution in [1.82, 2.24) is 19.9 Å². The van der Waals surface area contributed by atoms with Crippen molar-refractivity contribution in [3.8, 4) is 0 Å². The molecule has 3 rings (SSSR count). The van der Waals surface area contributed by atoms with Crippen LogP contribution in [0, 0.1) is 6.92 Å². The first-order valence-corrected chi connectivity index (χ1v) is 9.42. The van der Waals surface area contributed by atoms with Crippen molar-refractivity contribution in [1.29, 1.82) is 0 Å². The number of amides is 2. The van der Waals surface area contributed by atoms with Crippen LogP contribution in [0.3, 0.4) is 0 Å². The summed E-state index contributed by atoms with van der Waals surface area (Å²) in [4.78, 5) is 33.5. The summed E-state index contributed by atoms with van der Waals surface area (Å²) in [7, 11) is 1.58. The number of pyridine rings is 1. The van der Waals surface area contributed by atoms with Gasteiger partial charge in [-0.05, 0) is 50.6 Å². The average molecular weight is 395 g/mol. The summed E-state index contributed by atoms with van der Waals surface area (Å²) in [5.74, 6) is -0.461. The van der Waals surface area contributed by atoms with Crippen LogP contribution in [0.2, 0.25) is 0 Å². The second-order valence-electron chi connectivity index (χ2n) is 7.04. The van der Waals surface area contributed by atoms with E-state index in [1.165, 1.54) is 0 Å². The van der Waals surface area contributed by atoms with Crippen molar-refractivity contribution >= 4 is 28.7 Å². The zero-order valence-electron chi connectivity index (χ0n) is 17.0. The number of hydrogen-bond donors (Lipinski definition) is 2. The Balaban J connectivity index is 1.73. The molecule has 0 saturated heterocycles. The minimum Gasteiger partial charge on any atom is -0.383 e. The van der Waals surface area contributed by atoms with Gasteiger partial charge in [0.2, 0.25) is 0 Å². The van der Waals surface area contributed by atoms with Crippen molar-refractivity contribution in [2.24, 2.45) is 0 Å². The van der Waals surface area contributed by atoms with Crippen molar-refractivity contribution in [2.75, 3.05) is 25.6 Å². The van der Waals surface area contributed by atoms with E-state index < -0.39 is 0 Å². The van der Waals surface area contributed by atoms with Gasteiger partial charge in [-0.2, -0.15) is 0 Å². The molecule has 3 aromatic rings. The Kier molecular flexibility index (Phi) is 6.23. The van der Waals surface area contributed by atoms with Crippen LogP contribution in [0.1, 0.15) is 46.2 Å². The molecule has 0 aliphatic carbocycles. The number of rotatable bonds is 7. The number of carbonyl (C=O) groups is 2. The monoisotopic (exact) mass is 395 g/mol. The first-order chi connectivity index (χ1) is 13.9. The van der Waals surface area contributed by atoms with Gasteiger partial charge in [0.05, 0.1) is 18.5 Å². The van der Waals surface area contributed by atoms with Crippen molar-refractivity contribution in [2.45, 2.75) is 26.8 Å². The second-order valence-corrected chi connectivity index (χ2v) is 7.04. The molecule has 0 radical (unpaired) electrons. The summed E-state index contributed by atoms with van der Waals surface area (Å²) in [5.41, 5.74) is 3.79. The standard InChI is InChI=1S/C21H25N5O3/c1-13(2)26-12-24-18-10-16(11-23-19(18)26)21(28)25-17-6-5-15(9-14(17)3)20(27)22-7-8-29-4/h5-6,9-13H,7-8H2,1-4H3,(H,22,27)(H,25,28). The van der Waals surface area contributed by atoms with Crippen LogP contribution in [0.15, 0.2) is 36.8 Å². The topological polar surface area (TPSA) is 98.1 Å². The van der Waals surface area contributed by atoms with Gasteiger partial charge in [-0.15, -0.1) is 0 Å². The quantitative estimate of drug-likeness (QED) is 0.600. The van der Waals surface area contributed by atoms with Gasteiger partial charge in [0.1, 0.15) is 5.52 Å². The third-order valence-electron chi connectivity index (χ3n) is 4.56. The first kappa shape index (κ1) is 20.5. The molecule has 0 spiro atoms. The maximum Gasteiger partial charge on any atom is 0.257 e. The third-order valence-corrected chi connectivity index (χ3v) is 4.56. The van der Waals surface area contributed by atoms with E-state index in [0.29, 0.717) is 35.5 Å². The maximum atomic E-state index is 12.7. The molecule has 0 aliphatic heterocycles. The molecule has 8 heteroatoms. The van der Waals surface area contributed by atoms with E-state index in [1.807, 2.05) is 25.3 Å². The summed E-state index contributed by atoms with van der Waals surface area (Å²) < 4.78 is 6.88. The number of benzene rings is 1. The number of aromatic nitrogens is 3. The van der Waals surface area contributed by atoms with Crippen LogP contribution in [-0.4, -0.2) is 46.6 Å². The number of nitrogens with one attached hydrogen (secondary N) is 2. The van der Waals surface area contributed by atoms with E-state index >= 15 is 0 Å². The summed E-state index contributed by atoms with van der Waals surface area (Å²) in [6, 6.07) is 7.10. The normalized spacial score (nSPS) is 11.1. The molecule has 0 unspecified atom stereocenters. The first-order valence-electron chi connectivity index (χ1n) is 9.42. The SMILES string of the molecule is COCCNC(=O)c1ccc(NC(=O)c2cnc3c(c2)ncn3C(C)C)c(C)c1. The largest absolute Gasteiger partial charge is 0.383 e. The molecule has 2 amide bonds. The number of imidazole rings is 1. The van der Waals surface area contributed by atoms with Gasteiger partial charge in [0.25, 0.3) is 11.8 Å². The molecule has 0 fully saturated rings. The van der Waals surface area contributed by atoms with Crippen LogP contribution < -0.4 is 10.6 Å². The average Bonchev–Trinajstić information content (AvgIpc) is 3.13. The van der Waals surface area contributed by atoms with Gasteiger partial charge in [-0.1, -0.05) is 0 Å². The number of anilines is 1. The molecule has 29 heavy (non-hydrogen) atoms. The maximum absolute atomic E-state index is 12.7. The molecule has 0 saturated carbocycles. The minimum atomic E-state index is -0.279. The number of hydrogen-bond acceptors (Lipinski definition) is 5. The summed E-state index contributed by atoms with van der Waals surface area (Å²) >= 11 is 0. The van der Waals surface area contributed by atoms with Crippen molar-refractivity contribution in [3.05, 3.63) is 53.5 Å². The predicted molar refractivity (Wildman–Crippen MR) is 111 cm³/mol. The molecule has 2 aromatic heterocycles. The lowest BCUT2D eigenvalue weighted by atomic mass is 10.1. The zero-order chi connectivity index (χ0) is 21.0. The summed E-state index contributed by atoms with van der Waals surface area (Å²) in [6.45, 7) is 6.83. The van der Waals surface area contributed by atoms with Crippen molar-refractivity contribution < 1.29 is 14.3 Å². The van der Waals surface area contributed by atoms with Crippen LogP contribution in [-0.2, 0) is 4.74 Å². The fourth-order valence-corrected chi connectivity index (χ4v) is 2.93. The van der Waals surface area contributed by atoms with E-state index in [-0.39, 0.29) is 17.9 Å². The Morgan fingerprint density at radius 3 is 2.62 bits per heavy atom. The van der Waals surface area contributed by atoms with E-state index in [2.05, 4.69) is 20.6 Å². The number of ether oxygens (including phenoxy) is 1. The van der Waals surface area contributed by atoms with E-state index in [0.717, 1.165) is 11.2 Å². The molecule has 152 valence electrons. The van der Waals surface area contributed by atoms with Gasteiger partial charge in [0.15, 0.2) is 5.65 Å². The molecule has 0 aliphatic rings. The fraction of sp³-hybridized carbons (Fsp3) is 0.333. The number of carbonyl (C=O) groups excluding carboxylic acids is 2. The minimum absolute atomic E-state index is 0.182. The highest BCUT2D eigenvalue weighted by molar-refractivity contribution is 6.06. The molecule has 0 bridgehead atoms. The summed E-state index contributed by atoms with van der Waals surface area (Å²) in [5, 5.41) is 5.65. The van der Waals surface area contributed by atoms with E-state index in [9.17, 15) is 9.59 Å². The number of methoxy groups -OCH3 is 1. The Morgan fingerprint density at radius 2 is 1.93 bits per heavy atom. The number of nitrogens with zero attached hydrogens (tertiary/aromatic N) is 3. The predicted octanol–water partition coefficient (Wildman–Crippen LogP) is 2.95. The highest BCUT2D eigenvalue weighted by atomic mass is 16.5. The van der Waals surface area contributed by atoms with Gasteiger partial charge >= 0.3 is 0 Å². The molecular weight excluding hydrogens is 370 g/mol. The van der Waals surface area contributed by atoms with Crippen LogP contribution in [0.4, 0.5) is 5.69 Å². The lowest BCUT2D eigenvalue weighted by molar-refractivity contribution is 0.0936. The lowest BCUT2D eigenvalue weighted by Crippen LogP contribution is -2.27. The lowest BCUT2D eigenvalue weighted by Gasteiger charge is -2.11. The van der Waals surface area contributed by atoms with Crippen LogP contribution in [0.5, 0.6) is 0 Å². The Morgan fingerprint density at radius 1 is 1.14 bits per heavy atom. The van der Waals surface area contributed by atoms with Crippen molar-refractivity contribution in [3.63, 3.8) is 0 Å².